The highest BCUT2D eigenvalue weighted by molar-refractivity contribution is 5.75. The van der Waals surface area contributed by atoms with Gasteiger partial charge >= 0.3 is 0 Å². The van der Waals surface area contributed by atoms with Crippen LogP contribution < -0.4 is 0 Å². The maximum Gasteiger partial charge on any atom is -0.0112 e. The number of rotatable bonds is 4. The highest BCUT2D eigenvalue weighted by Crippen LogP contribution is 2.24. The van der Waals surface area contributed by atoms with Crippen molar-refractivity contribution in [1.82, 2.24) is 0 Å². The van der Waals surface area contributed by atoms with Crippen molar-refractivity contribution in [1.29, 1.82) is 0 Å². The predicted molar refractivity (Wildman–Crippen MR) is 80.4 cm³/mol. The topological polar surface area (TPSA) is 0 Å². The first-order valence-corrected chi connectivity index (χ1v) is 6.58. The molecule has 92 valence electrons. The first-order chi connectivity index (χ1) is 8.77. The van der Waals surface area contributed by atoms with Gasteiger partial charge in [0.1, 0.15) is 0 Å². The first kappa shape index (κ1) is 12.6. The van der Waals surface area contributed by atoms with Gasteiger partial charge in [0.2, 0.25) is 0 Å². The van der Waals surface area contributed by atoms with Gasteiger partial charge in [0, 0.05) is 0 Å². The van der Waals surface area contributed by atoms with Gasteiger partial charge in [-0.15, -0.1) is 0 Å². The minimum atomic E-state index is 0.713. The molecule has 0 aliphatic heterocycles. The molecule has 0 heteroatoms. The summed E-state index contributed by atoms with van der Waals surface area (Å²) in [6, 6.07) is 19.1. The summed E-state index contributed by atoms with van der Waals surface area (Å²) in [6.45, 7) is 4.49. The number of allylic oxidation sites excluding steroid dienone is 1. The van der Waals surface area contributed by atoms with Crippen LogP contribution in [0.15, 0.2) is 60.7 Å². The molecule has 18 heavy (non-hydrogen) atoms. The van der Waals surface area contributed by atoms with Crippen LogP contribution in [0.1, 0.15) is 25.8 Å². The molecule has 0 aliphatic carbocycles. The van der Waals surface area contributed by atoms with Crippen molar-refractivity contribution >= 4 is 6.08 Å². The number of benzene rings is 2. The largest absolute Gasteiger partial charge is 0.0837 e. The van der Waals surface area contributed by atoms with E-state index in [4.69, 9.17) is 0 Å². The van der Waals surface area contributed by atoms with Gasteiger partial charge in [0.05, 0.1) is 0 Å². The zero-order valence-electron chi connectivity index (χ0n) is 11.1. The van der Waals surface area contributed by atoms with E-state index in [2.05, 4.69) is 80.6 Å². The third kappa shape index (κ3) is 3.33. The van der Waals surface area contributed by atoms with Gasteiger partial charge < -0.3 is 0 Å². The molecule has 0 atom stereocenters. The van der Waals surface area contributed by atoms with Gasteiger partial charge in [0.25, 0.3) is 0 Å². The Morgan fingerprint density at radius 3 is 2.28 bits per heavy atom. The van der Waals surface area contributed by atoms with Crippen molar-refractivity contribution in [3.63, 3.8) is 0 Å². The van der Waals surface area contributed by atoms with Crippen LogP contribution >= 0.6 is 0 Å². The molecule has 0 saturated heterocycles. The Morgan fingerprint density at radius 1 is 0.889 bits per heavy atom. The molecule has 0 bridgehead atoms. The van der Waals surface area contributed by atoms with E-state index < -0.39 is 0 Å². The van der Waals surface area contributed by atoms with E-state index in [0.29, 0.717) is 5.92 Å². The molecular weight excluding hydrogens is 216 g/mol. The molecule has 0 spiro atoms. The van der Waals surface area contributed by atoms with E-state index in [1.54, 1.807) is 0 Å². The average Bonchev–Trinajstić information content (AvgIpc) is 2.40. The Bertz CT molecular complexity index is 507. The molecule has 0 unspecified atom stereocenters. The van der Waals surface area contributed by atoms with Crippen LogP contribution in [0.3, 0.4) is 0 Å². The van der Waals surface area contributed by atoms with Crippen molar-refractivity contribution in [2.24, 2.45) is 5.92 Å². The third-order valence-corrected chi connectivity index (χ3v) is 2.95. The highest BCUT2D eigenvalue weighted by atomic mass is 14.0. The summed E-state index contributed by atoms with van der Waals surface area (Å²) in [5, 5.41) is 0. The van der Waals surface area contributed by atoms with E-state index in [-0.39, 0.29) is 0 Å². The predicted octanol–water partition coefficient (Wildman–Crippen LogP) is 5.41. The van der Waals surface area contributed by atoms with Crippen LogP contribution in [0.25, 0.3) is 17.2 Å². The molecule has 0 fully saturated rings. The molecule has 0 saturated carbocycles. The van der Waals surface area contributed by atoms with Gasteiger partial charge in [-0.3, -0.25) is 0 Å². The Balaban J connectivity index is 2.29. The fourth-order valence-electron chi connectivity index (χ4n) is 1.99. The molecular formula is C18H20. The van der Waals surface area contributed by atoms with Gasteiger partial charge in [-0.2, -0.15) is 0 Å². The molecule has 0 radical (unpaired) electrons. The van der Waals surface area contributed by atoms with Gasteiger partial charge in [-0.05, 0) is 29.0 Å². The van der Waals surface area contributed by atoms with Crippen LogP contribution in [0.2, 0.25) is 0 Å². The summed E-state index contributed by atoms with van der Waals surface area (Å²) in [5.41, 5.74) is 3.88. The lowest BCUT2D eigenvalue weighted by Crippen LogP contribution is -1.84. The number of hydrogen-bond acceptors (Lipinski definition) is 0. The van der Waals surface area contributed by atoms with Crippen molar-refractivity contribution in [2.45, 2.75) is 20.3 Å². The maximum absolute atomic E-state index is 2.27. The first-order valence-electron chi connectivity index (χ1n) is 6.58. The second kappa shape index (κ2) is 6.20. The smallest absolute Gasteiger partial charge is 0.0112 e. The fourth-order valence-corrected chi connectivity index (χ4v) is 1.99. The molecule has 0 aliphatic rings. The van der Waals surface area contributed by atoms with Crippen molar-refractivity contribution < 1.29 is 0 Å². The van der Waals surface area contributed by atoms with E-state index in [9.17, 15) is 0 Å². The van der Waals surface area contributed by atoms with Crippen molar-refractivity contribution in [3.8, 4) is 11.1 Å². The Morgan fingerprint density at radius 2 is 1.56 bits per heavy atom. The maximum atomic E-state index is 2.27. The summed E-state index contributed by atoms with van der Waals surface area (Å²) in [4.78, 5) is 0. The summed E-state index contributed by atoms with van der Waals surface area (Å²) >= 11 is 0. The Kier molecular flexibility index (Phi) is 4.35. The third-order valence-electron chi connectivity index (χ3n) is 2.95. The molecule has 0 aromatic heterocycles. The summed E-state index contributed by atoms with van der Waals surface area (Å²) < 4.78 is 0. The highest BCUT2D eigenvalue weighted by Gasteiger charge is 2.00. The van der Waals surface area contributed by atoms with Gasteiger partial charge in [-0.25, -0.2) is 0 Å². The van der Waals surface area contributed by atoms with Crippen LogP contribution in [-0.4, -0.2) is 0 Å². The Hall–Kier alpha value is -1.82. The van der Waals surface area contributed by atoms with Gasteiger partial charge in [0.15, 0.2) is 0 Å². The lowest BCUT2D eigenvalue weighted by atomic mass is 9.99. The van der Waals surface area contributed by atoms with Crippen LogP contribution in [0.5, 0.6) is 0 Å². The van der Waals surface area contributed by atoms with Gasteiger partial charge in [-0.1, -0.05) is 80.6 Å². The quantitative estimate of drug-likeness (QED) is 0.665. The van der Waals surface area contributed by atoms with Crippen LogP contribution in [-0.2, 0) is 0 Å². The zero-order valence-corrected chi connectivity index (χ0v) is 11.1. The van der Waals surface area contributed by atoms with Crippen LogP contribution in [0.4, 0.5) is 0 Å². The van der Waals surface area contributed by atoms with E-state index in [1.165, 1.54) is 16.7 Å². The Labute approximate surface area is 110 Å². The van der Waals surface area contributed by atoms with E-state index >= 15 is 0 Å². The monoisotopic (exact) mass is 236 g/mol. The van der Waals surface area contributed by atoms with E-state index in [1.807, 2.05) is 0 Å². The molecule has 2 aromatic rings. The second-order valence-corrected chi connectivity index (χ2v) is 4.99. The molecule has 2 aromatic carbocycles. The lowest BCUT2D eigenvalue weighted by Gasteiger charge is -2.06. The normalized spacial score (nSPS) is 11.3. The van der Waals surface area contributed by atoms with Crippen LogP contribution in [0, 0.1) is 5.92 Å². The molecule has 2 rings (SSSR count). The summed E-state index contributed by atoms with van der Waals surface area (Å²) in [7, 11) is 0. The lowest BCUT2D eigenvalue weighted by molar-refractivity contribution is 0.665. The standard InChI is InChI=1S/C18H20/c1-15(2)9-8-13-17-12-6-7-14-18(17)16-10-4-3-5-11-16/h3-8,10-15H,9H2,1-2H3. The SMILES string of the molecule is CC(C)CC=Cc1ccccc1-c1ccccc1. The number of hydrogen-bond donors (Lipinski definition) is 0. The molecule has 0 N–H and O–H groups in total. The minimum Gasteiger partial charge on any atom is -0.0837 e. The molecule has 0 heterocycles. The fraction of sp³-hybridized carbons (Fsp3) is 0.222. The summed E-state index contributed by atoms with van der Waals surface area (Å²) in [5.74, 6) is 0.713. The summed E-state index contributed by atoms with van der Waals surface area (Å²) in [6.07, 6.45) is 5.64. The van der Waals surface area contributed by atoms with Crippen molar-refractivity contribution in [3.05, 3.63) is 66.2 Å². The molecule has 0 amide bonds. The average molecular weight is 236 g/mol. The molecule has 0 nitrogen and oxygen atoms in total. The van der Waals surface area contributed by atoms with E-state index in [0.717, 1.165) is 6.42 Å². The minimum absolute atomic E-state index is 0.713. The zero-order chi connectivity index (χ0) is 12.8. The second-order valence-electron chi connectivity index (χ2n) is 4.99. The van der Waals surface area contributed by atoms with Crippen molar-refractivity contribution in [2.75, 3.05) is 0 Å².